The molecule has 1 saturated heterocycles. The Hall–Kier alpha value is -1.73. The van der Waals surface area contributed by atoms with Crippen molar-refractivity contribution < 1.29 is 14.6 Å². The van der Waals surface area contributed by atoms with Crippen LogP contribution < -0.4 is 4.74 Å². The number of aliphatic hydroxyl groups excluding tert-OH is 1. The summed E-state index contributed by atoms with van der Waals surface area (Å²) in [7, 11) is 0. The SMILES string of the molecule is CCC[C@H](C)Oc1ncnc2c1ncn2[C@H]1CC[C@@H](CO)O1. The summed E-state index contributed by atoms with van der Waals surface area (Å²) in [6.07, 6.45) is 6.75. The van der Waals surface area contributed by atoms with Crippen molar-refractivity contribution in [2.45, 2.75) is 58.0 Å². The first kappa shape index (κ1) is 15.2. The zero-order chi connectivity index (χ0) is 15.5. The Morgan fingerprint density at radius 3 is 3.00 bits per heavy atom. The zero-order valence-corrected chi connectivity index (χ0v) is 13.0. The minimum Gasteiger partial charge on any atom is -0.473 e. The smallest absolute Gasteiger partial charge is 0.245 e. The molecule has 22 heavy (non-hydrogen) atoms. The van der Waals surface area contributed by atoms with E-state index in [1.54, 1.807) is 6.33 Å². The number of aromatic nitrogens is 4. The van der Waals surface area contributed by atoms with E-state index in [0.29, 0.717) is 17.0 Å². The summed E-state index contributed by atoms with van der Waals surface area (Å²) < 4.78 is 13.6. The molecule has 0 aliphatic carbocycles. The second kappa shape index (κ2) is 6.58. The molecule has 0 bridgehead atoms. The van der Waals surface area contributed by atoms with Crippen molar-refractivity contribution in [3.63, 3.8) is 0 Å². The van der Waals surface area contributed by atoms with E-state index in [1.165, 1.54) is 6.33 Å². The monoisotopic (exact) mass is 306 g/mol. The highest BCUT2D eigenvalue weighted by Crippen LogP contribution is 2.31. The van der Waals surface area contributed by atoms with E-state index < -0.39 is 0 Å². The van der Waals surface area contributed by atoms with Crippen LogP contribution >= 0.6 is 0 Å². The maximum absolute atomic E-state index is 9.19. The molecule has 1 aliphatic heterocycles. The molecule has 7 heteroatoms. The van der Waals surface area contributed by atoms with Crippen LogP contribution in [0, 0.1) is 0 Å². The summed E-state index contributed by atoms with van der Waals surface area (Å²) in [5.74, 6) is 0.515. The van der Waals surface area contributed by atoms with Gasteiger partial charge in [-0.2, -0.15) is 4.98 Å². The van der Waals surface area contributed by atoms with E-state index in [9.17, 15) is 5.11 Å². The predicted molar refractivity (Wildman–Crippen MR) is 80.6 cm³/mol. The summed E-state index contributed by atoms with van der Waals surface area (Å²) in [5.41, 5.74) is 1.36. The second-order valence-electron chi connectivity index (χ2n) is 5.69. The number of nitrogens with zero attached hydrogens (tertiary/aromatic N) is 4. The van der Waals surface area contributed by atoms with Gasteiger partial charge in [0.2, 0.25) is 5.88 Å². The summed E-state index contributed by atoms with van der Waals surface area (Å²) in [6.45, 7) is 4.19. The highest BCUT2D eigenvalue weighted by atomic mass is 16.5. The molecule has 7 nitrogen and oxygen atoms in total. The van der Waals surface area contributed by atoms with Gasteiger partial charge in [0.1, 0.15) is 12.6 Å². The van der Waals surface area contributed by atoms with Gasteiger partial charge in [0, 0.05) is 0 Å². The van der Waals surface area contributed by atoms with Crippen molar-refractivity contribution in [1.29, 1.82) is 0 Å². The van der Waals surface area contributed by atoms with Crippen molar-refractivity contribution in [2.75, 3.05) is 6.61 Å². The summed E-state index contributed by atoms with van der Waals surface area (Å²) in [5, 5.41) is 9.19. The van der Waals surface area contributed by atoms with Crippen LogP contribution in [0.3, 0.4) is 0 Å². The van der Waals surface area contributed by atoms with Gasteiger partial charge in [-0.3, -0.25) is 4.57 Å². The van der Waals surface area contributed by atoms with E-state index in [1.807, 2.05) is 11.5 Å². The molecule has 3 heterocycles. The Bertz CT molecular complexity index is 630. The Balaban J connectivity index is 1.86. The van der Waals surface area contributed by atoms with Crippen LogP contribution in [0.4, 0.5) is 0 Å². The van der Waals surface area contributed by atoms with Crippen molar-refractivity contribution in [1.82, 2.24) is 19.5 Å². The number of imidazole rings is 1. The van der Waals surface area contributed by atoms with Crippen LogP contribution in [0.5, 0.6) is 5.88 Å². The average molecular weight is 306 g/mol. The summed E-state index contributed by atoms with van der Waals surface area (Å²) in [4.78, 5) is 12.9. The van der Waals surface area contributed by atoms with Crippen LogP contribution in [0.15, 0.2) is 12.7 Å². The second-order valence-corrected chi connectivity index (χ2v) is 5.69. The Morgan fingerprint density at radius 2 is 2.27 bits per heavy atom. The zero-order valence-electron chi connectivity index (χ0n) is 13.0. The van der Waals surface area contributed by atoms with Gasteiger partial charge >= 0.3 is 0 Å². The lowest BCUT2D eigenvalue weighted by Gasteiger charge is -2.15. The van der Waals surface area contributed by atoms with Gasteiger partial charge in [-0.05, 0) is 26.2 Å². The lowest BCUT2D eigenvalue weighted by atomic mass is 10.2. The first-order valence-electron chi connectivity index (χ1n) is 7.83. The Kier molecular flexibility index (Phi) is 4.54. The van der Waals surface area contributed by atoms with E-state index in [4.69, 9.17) is 9.47 Å². The molecule has 3 atom stereocenters. The molecule has 2 aromatic rings. The fourth-order valence-corrected chi connectivity index (χ4v) is 2.81. The van der Waals surface area contributed by atoms with Crippen LogP contribution in [0.2, 0.25) is 0 Å². The van der Waals surface area contributed by atoms with Gasteiger partial charge < -0.3 is 14.6 Å². The van der Waals surface area contributed by atoms with Gasteiger partial charge in [0.05, 0.1) is 25.1 Å². The molecular weight excluding hydrogens is 284 g/mol. The number of hydrogen-bond donors (Lipinski definition) is 1. The van der Waals surface area contributed by atoms with Gasteiger partial charge in [0.25, 0.3) is 0 Å². The van der Waals surface area contributed by atoms with Crippen molar-refractivity contribution in [3.05, 3.63) is 12.7 Å². The van der Waals surface area contributed by atoms with Crippen LogP contribution in [-0.2, 0) is 4.74 Å². The van der Waals surface area contributed by atoms with Gasteiger partial charge in [-0.25, -0.2) is 9.97 Å². The normalized spacial score (nSPS) is 23.0. The van der Waals surface area contributed by atoms with Crippen LogP contribution in [0.25, 0.3) is 11.2 Å². The lowest BCUT2D eigenvalue weighted by molar-refractivity contribution is -0.0207. The van der Waals surface area contributed by atoms with Gasteiger partial charge in [0.15, 0.2) is 11.2 Å². The van der Waals surface area contributed by atoms with Crippen LogP contribution in [-0.4, -0.2) is 43.4 Å². The molecule has 0 spiro atoms. The van der Waals surface area contributed by atoms with Gasteiger partial charge in [-0.15, -0.1) is 0 Å². The number of fused-ring (bicyclic) bond motifs is 1. The molecule has 1 fully saturated rings. The Morgan fingerprint density at radius 1 is 1.41 bits per heavy atom. The maximum Gasteiger partial charge on any atom is 0.245 e. The third-order valence-corrected chi connectivity index (χ3v) is 3.93. The van der Waals surface area contributed by atoms with E-state index in [0.717, 1.165) is 25.7 Å². The highest BCUT2D eigenvalue weighted by Gasteiger charge is 2.28. The standard InChI is InChI=1S/C15H22N4O3/c1-3-4-10(2)21-15-13-14(16-8-17-15)19(9-18-13)12-6-5-11(7-20)22-12/h8-12,20H,3-7H2,1-2H3/t10-,11-,12+/m0/s1. The molecule has 1 N–H and O–H groups in total. The molecule has 0 aromatic carbocycles. The van der Waals surface area contributed by atoms with Crippen molar-refractivity contribution in [2.24, 2.45) is 0 Å². The van der Waals surface area contributed by atoms with E-state index in [-0.39, 0.29) is 25.0 Å². The third-order valence-electron chi connectivity index (χ3n) is 3.93. The minimum absolute atomic E-state index is 0.0427. The van der Waals surface area contributed by atoms with Crippen molar-refractivity contribution in [3.8, 4) is 5.88 Å². The molecular formula is C15H22N4O3. The molecule has 0 saturated carbocycles. The first-order valence-corrected chi connectivity index (χ1v) is 7.83. The average Bonchev–Trinajstić information content (AvgIpc) is 3.14. The molecule has 0 amide bonds. The number of hydrogen-bond acceptors (Lipinski definition) is 6. The molecule has 3 rings (SSSR count). The third kappa shape index (κ3) is 2.91. The summed E-state index contributed by atoms with van der Waals surface area (Å²) in [6, 6.07) is 0. The molecule has 1 aliphatic rings. The number of rotatable bonds is 6. The lowest BCUT2D eigenvalue weighted by Crippen LogP contribution is -2.14. The quantitative estimate of drug-likeness (QED) is 0.879. The first-order chi connectivity index (χ1) is 10.7. The number of ether oxygens (including phenoxy) is 2. The molecule has 0 radical (unpaired) electrons. The highest BCUT2D eigenvalue weighted by molar-refractivity contribution is 5.76. The largest absolute Gasteiger partial charge is 0.473 e. The minimum atomic E-state index is -0.141. The topological polar surface area (TPSA) is 82.3 Å². The summed E-state index contributed by atoms with van der Waals surface area (Å²) >= 11 is 0. The fourth-order valence-electron chi connectivity index (χ4n) is 2.81. The molecule has 0 unspecified atom stereocenters. The van der Waals surface area contributed by atoms with Crippen LogP contribution in [0.1, 0.15) is 45.8 Å². The maximum atomic E-state index is 9.19. The molecule has 120 valence electrons. The number of aliphatic hydroxyl groups is 1. The molecule has 2 aromatic heterocycles. The van der Waals surface area contributed by atoms with E-state index >= 15 is 0 Å². The fraction of sp³-hybridized carbons (Fsp3) is 0.667. The van der Waals surface area contributed by atoms with Crippen molar-refractivity contribution >= 4 is 11.2 Å². The Labute approximate surface area is 129 Å². The predicted octanol–water partition coefficient (Wildman–Crippen LogP) is 2.06. The van der Waals surface area contributed by atoms with E-state index in [2.05, 4.69) is 21.9 Å². The van der Waals surface area contributed by atoms with Gasteiger partial charge in [-0.1, -0.05) is 13.3 Å².